The van der Waals surface area contributed by atoms with Crippen LogP contribution in [0.5, 0.6) is 0 Å². The summed E-state index contributed by atoms with van der Waals surface area (Å²) >= 11 is 6.52. The standard InChI is InChI=1S/C21H27ClN4O5/c1-3-17(28)24-7-9-25(10-8-24)19-15(22)5-4-6-16(19)23-18-14(21(30)31-2)13-26(11-12-27)20(18)29/h4-6,23,27H,3,7-13H2,1-2H3. The van der Waals surface area contributed by atoms with Gasteiger partial charge in [0.1, 0.15) is 5.70 Å². The van der Waals surface area contributed by atoms with Crippen molar-refractivity contribution < 1.29 is 24.2 Å². The lowest BCUT2D eigenvalue weighted by Gasteiger charge is -2.37. The maximum atomic E-state index is 12.9. The predicted molar refractivity (Wildman–Crippen MR) is 117 cm³/mol. The number of anilines is 2. The number of methoxy groups -OCH3 is 1. The van der Waals surface area contributed by atoms with Crippen LogP contribution in [0.15, 0.2) is 29.5 Å². The quantitative estimate of drug-likeness (QED) is 0.599. The van der Waals surface area contributed by atoms with E-state index in [0.717, 1.165) is 0 Å². The molecule has 10 heteroatoms. The molecule has 0 radical (unpaired) electrons. The van der Waals surface area contributed by atoms with Crippen molar-refractivity contribution in [2.45, 2.75) is 13.3 Å². The number of ether oxygens (including phenoxy) is 1. The summed E-state index contributed by atoms with van der Waals surface area (Å²) in [6.07, 6.45) is 0.468. The van der Waals surface area contributed by atoms with E-state index >= 15 is 0 Å². The molecule has 2 N–H and O–H groups in total. The van der Waals surface area contributed by atoms with Gasteiger partial charge < -0.3 is 29.9 Å². The molecule has 0 aliphatic carbocycles. The zero-order chi connectivity index (χ0) is 22.5. The summed E-state index contributed by atoms with van der Waals surface area (Å²) in [5.41, 5.74) is 1.60. The van der Waals surface area contributed by atoms with Crippen molar-refractivity contribution in [2.75, 3.05) is 63.2 Å². The van der Waals surface area contributed by atoms with Crippen molar-refractivity contribution in [3.05, 3.63) is 34.5 Å². The van der Waals surface area contributed by atoms with Crippen LogP contribution >= 0.6 is 11.6 Å². The number of benzene rings is 1. The van der Waals surface area contributed by atoms with Crippen LogP contribution in [0.1, 0.15) is 13.3 Å². The number of carbonyl (C=O) groups excluding carboxylic acids is 3. The smallest absolute Gasteiger partial charge is 0.337 e. The molecule has 0 bridgehead atoms. The molecule has 2 aliphatic rings. The Morgan fingerprint density at radius 1 is 1.23 bits per heavy atom. The molecular weight excluding hydrogens is 424 g/mol. The van der Waals surface area contributed by atoms with Crippen molar-refractivity contribution in [3.63, 3.8) is 0 Å². The number of aliphatic hydroxyl groups is 1. The number of hydrogen-bond donors (Lipinski definition) is 2. The number of β-amino-alcohol motifs (C(OH)–C–C–N with tert-alkyl or cyclic N) is 1. The van der Waals surface area contributed by atoms with E-state index in [0.29, 0.717) is 49.0 Å². The van der Waals surface area contributed by atoms with E-state index in [9.17, 15) is 19.5 Å². The van der Waals surface area contributed by atoms with Gasteiger partial charge in [-0.2, -0.15) is 0 Å². The van der Waals surface area contributed by atoms with Crippen LogP contribution in [-0.4, -0.2) is 85.7 Å². The lowest BCUT2D eigenvalue weighted by Crippen LogP contribution is -2.48. The molecule has 2 amide bonds. The van der Waals surface area contributed by atoms with E-state index in [-0.39, 0.29) is 36.9 Å². The number of carbonyl (C=O) groups is 3. The summed E-state index contributed by atoms with van der Waals surface area (Å²) < 4.78 is 4.84. The summed E-state index contributed by atoms with van der Waals surface area (Å²) in [7, 11) is 1.26. The van der Waals surface area contributed by atoms with Gasteiger partial charge in [0.05, 0.1) is 42.2 Å². The Labute approximate surface area is 186 Å². The monoisotopic (exact) mass is 450 g/mol. The number of aliphatic hydroxyl groups excluding tert-OH is 1. The Bertz CT molecular complexity index is 896. The number of nitrogens with zero attached hydrogens (tertiary/aromatic N) is 3. The van der Waals surface area contributed by atoms with Crippen LogP contribution in [0.3, 0.4) is 0 Å². The first kappa shape index (κ1) is 22.9. The van der Waals surface area contributed by atoms with Crippen LogP contribution in [-0.2, 0) is 19.1 Å². The lowest BCUT2D eigenvalue weighted by molar-refractivity contribution is -0.136. The minimum Gasteiger partial charge on any atom is -0.466 e. The first-order valence-corrected chi connectivity index (χ1v) is 10.6. The van der Waals surface area contributed by atoms with Gasteiger partial charge in [-0.1, -0.05) is 24.6 Å². The van der Waals surface area contributed by atoms with Crippen molar-refractivity contribution >= 4 is 40.8 Å². The van der Waals surface area contributed by atoms with Crippen LogP contribution in [0.25, 0.3) is 0 Å². The van der Waals surface area contributed by atoms with Crippen LogP contribution in [0, 0.1) is 0 Å². The van der Waals surface area contributed by atoms with Gasteiger partial charge >= 0.3 is 5.97 Å². The van der Waals surface area contributed by atoms with Crippen LogP contribution in [0.2, 0.25) is 5.02 Å². The molecule has 31 heavy (non-hydrogen) atoms. The minimum atomic E-state index is -0.605. The Kier molecular flexibility index (Phi) is 7.40. The number of amides is 2. The summed E-state index contributed by atoms with van der Waals surface area (Å²) in [6.45, 7) is 4.15. The highest BCUT2D eigenvalue weighted by Crippen LogP contribution is 2.36. The van der Waals surface area contributed by atoms with Gasteiger partial charge in [-0.25, -0.2) is 4.79 Å². The van der Waals surface area contributed by atoms with E-state index in [1.165, 1.54) is 12.0 Å². The first-order chi connectivity index (χ1) is 14.9. The molecule has 0 unspecified atom stereocenters. The average Bonchev–Trinajstić information content (AvgIpc) is 3.08. The van der Waals surface area contributed by atoms with Gasteiger partial charge in [-0.05, 0) is 12.1 Å². The van der Waals surface area contributed by atoms with E-state index in [1.54, 1.807) is 18.2 Å². The summed E-state index contributed by atoms with van der Waals surface area (Å²) in [5, 5.41) is 12.8. The SMILES string of the molecule is CCC(=O)N1CCN(c2c(Cl)cccc2NC2=C(C(=O)OC)CN(CCO)C2=O)CC1. The maximum absolute atomic E-state index is 12.9. The van der Waals surface area contributed by atoms with E-state index < -0.39 is 11.9 Å². The molecule has 0 atom stereocenters. The maximum Gasteiger partial charge on any atom is 0.337 e. The van der Waals surface area contributed by atoms with Gasteiger partial charge in [-0.15, -0.1) is 0 Å². The zero-order valence-corrected chi connectivity index (χ0v) is 18.4. The number of esters is 1. The average molecular weight is 451 g/mol. The second-order valence-corrected chi connectivity index (χ2v) is 7.69. The third-order valence-corrected chi connectivity index (χ3v) is 5.76. The third kappa shape index (κ3) is 4.77. The topological polar surface area (TPSA) is 102 Å². The van der Waals surface area contributed by atoms with Gasteiger partial charge in [-0.3, -0.25) is 9.59 Å². The number of halogens is 1. The summed E-state index contributed by atoms with van der Waals surface area (Å²) in [6, 6.07) is 5.30. The molecule has 9 nitrogen and oxygen atoms in total. The number of piperazine rings is 1. The largest absolute Gasteiger partial charge is 0.466 e. The molecule has 2 aliphatic heterocycles. The fourth-order valence-corrected chi connectivity index (χ4v) is 4.12. The molecular formula is C21H27ClN4O5. The van der Waals surface area contributed by atoms with E-state index in [1.807, 2.05) is 11.8 Å². The molecule has 1 aromatic carbocycles. The van der Waals surface area contributed by atoms with Crippen molar-refractivity contribution in [1.29, 1.82) is 0 Å². The molecule has 1 saturated heterocycles. The zero-order valence-electron chi connectivity index (χ0n) is 17.7. The highest BCUT2D eigenvalue weighted by Gasteiger charge is 2.35. The Balaban J connectivity index is 1.88. The highest BCUT2D eigenvalue weighted by atomic mass is 35.5. The Morgan fingerprint density at radius 2 is 1.94 bits per heavy atom. The minimum absolute atomic E-state index is 0.0576. The number of rotatable bonds is 7. The Hall–Kier alpha value is -2.78. The number of para-hydroxylation sites is 1. The van der Waals surface area contributed by atoms with Crippen molar-refractivity contribution in [2.24, 2.45) is 0 Å². The van der Waals surface area contributed by atoms with Crippen molar-refractivity contribution in [1.82, 2.24) is 9.80 Å². The van der Waals surface area contributed by atoms with Gasteiger partial charge in [0.15, 0.2) is 0 Å². The second-order valence-electron chi connectivity index (χ2n) is 7.28. The lowest BCUT2D eigenvalue weighted by atomic mass is 10.1. The highest BCUT2D eigenvalue weighted by molar-refractivity contribution is 6.34. The molecule has 0 saturated carbocycles. The van der Waals surface area contributed by atoms with Crippen LogP contribution in [0.4, 0.5) is 11.4 Å². The molecule has 168 valence electrons. The molecule has 2 heterocycles. The molecule has 1 aromatic rings. The molecule has 0 spiro atoms. The van der Waals surface area contributed by atoms with E-state index in [4.69, 9.17) is 16.3 Å². The first-order valence-electron chi connectivity index (χ1n) is 10.2. The Morgan fingerprint density at radius 3 is 2.55 bits per heavy atom. The fraction of sp³-hybridized carbons (Fsp3) is 0.476. The predicted octanol–water partition coefficient (Wildman–Crippen LogP) is 1.07. The van der Waals surface area contributed by atoms with Gasteiger partial charge in [0.25, 0.3) is 5.91 Å². The van der Waals surface area contributed by atoms with Crippen molar-refractivity contribution in [3.8, 4) is 0 Å². The van der Waals surface area contributed by atoms with Gasteiger partial charge in [0, 0.05) is 39.1 Å². The number of nitrogens with one attached hydrogen (secondary N) is 1. The molecule has 1 fully saturated rings. The molecule has 3 rings (SSSR count). The summed E-state index contributed by atoms with van der Waals surface area (Å²) in [4.78, 5) is 42.4. The van der Waals surface area contributed by atoms with E-state index in [2.05, 4.69) is 10.2 Å². The fourth-order valence-electron chi connectivity index (χ4n) is 3.82. The van der Waals surface area contributed by atoms with Crippen LogP contribution < -0.4 is 10.2 Å². The van der Waals surface area contributed by atoms with Gasteiger partial charge in [0.2, 0.25) is 5.91 Å². The number of hydrogen-bond acceptors (Lipinski definition) is 7. The second kappa shape index (κ2) is 10.0. The third-order valence-electron chi connectivity index (χ3n) is 5.45. The normalized spacial score (nSPS) is 16.8. The summed E-state index contributed by atoms with van der Waals surface area (Å²) in [5.74, 6) is -0.879. The molecule has 0 aromatic heterocycles.